The second-order valence-electron chi connectivity index (χ2n) is 12.7. The number of nitriles is 1. The molecule has 10 rings (SSSR count). The number of aromatic nitrogens is 2. The summed E-state index contributed by atoms with van der Waals surface area (Å²) >= 11 is 0. The monoisotopic (exact) mass is 621 g/mol. The molecule has 0 atom stereocenters. The first-order valence-electron chi connectivity index (χ1n) is 16.5. The average Bonchev–Trinajstić information content (AvgIpc) is 3.50. The van der Waals surface area contributed by atoms with Crippen molar-refractivity contribution in [3.8, 4) is 45.3 Å². The normalized spacial score (nSPS) is 11.7. The van der Waals surface area contributed by atoms with Crippen molar-refractivity contribution in [2.75, 3.05) is 0 Å². The molecule has 0 fully saturated rings. The van der Waals surface area contributed by atoms with Gasteiger partial charge in [-0.15, -0.1) is 0 Å². The van der Waals surface area contributed by atoms with E-state index in [2.05, 4.69) is 143 Å². The van der Waals surface area contributed by atoms with Crippen LogP contribution in [0.3, 0.4) is 0 Å². The molecule has 0 bridgehead atoms. The molecule has 0 aliphatic carbocycles. The summed E-state index contributed by atoms with van der Waals surface area (Å²) in [4.78, 5) is 4.68. The summed E-state index contributed by atoms with van der Waals surface area (Å²) in [5.74, 6) is 0. The lowest BCUT2D eigenvalue weighted by molar-refractivity contribution is 1.18. The Kier molecular flexibility index (Phi) is 5.94. The Labute approximate surface area is 282 Å². The van der Waals surface area contributed by atoms with Crippen molar-refractivity contribution in [1.82, 2.24) is 9.55 Å². The molecule has 2 aromatic heterocycles. The maximum absolute atomic E-state index is 9.74. The molecule has 0 spiro atoms. The Morgan fingerprint density at radius 2 is 1.12 bits per heavy atom. The van der Waals surface area contributed by atoms with Crippen LogP contribution in [0.4, 0.5) is 0 Å². The predicted octanol–water partition coefficient (Wildman–Crippen LogP) is 11.9. The zero-order valence-corrected chi connectivity index (χ0v) is 26.4. The summed E-state index contributed by atoms with van der Waals surface area (Å²) < 4.78 is 2.29. The third kappa shape index (κ3) is 4.18. The Bertz CT molecular complexity index is 2930. The minimum absolute atomic E-state index is 0.660. The number of para-hydroxylation sites is 1. The fraction of sp³-hybridized carbons (Fsp3) is 0. The lowest BCUT2D eigenvalue weighted by atomic mass is 9.87. The van der Waals surface area contributed by atoms with Crippen LogP contribution < -0.4 is 0 Å². The highest BCUT2D eigenvalue weighted by atomic mass is 15.0. The quantitative estimate of drug-likeness (QED) is 0.184. The van der Waals surface area contributed by atoms with Crippen molar-refractivity contribution >= 4 is 54.1 Å². The molecule has 0 amide bonds. The van der Waals surface area contributed by atoms with E-state index in [1.54, 1.807) is 0 Å². The van der Waals surface area contributed by atoms with E-state index in [4.69, 9.17) is 0 Å². The Hall–Kier alpha value is -6.76. The Morgan fingerprint density at radius 3 is 1.88 bits per heavy atom. The number of fused-ring (bicyclic) bond motifs is 3. The molecule has 0 aliphatic rings. The first kappa shape index (κ1) is 27.4. The van der Waals surface area contributed by atoms with Crippen molar-refractivity contribution in [3.05, 3.63) is 169 Å². The van der Waals surface area contributed by atoms with Crippen LogP contribution >= 0.6 is 0 Å². The zero-order chi connectivity index (χ0) is 32.5. The maximum Gasteiger partial charge on any atom is 0.0991 e. The molecule has 3 nitrogen and oxygen atoms in total. The molecule has 49 heavy (non-hydrogen) atoms. The van der Waals surface area contributed by atoms with Crippen molar-refractivity contribution in [1.29, 1.82) is 5.26 Å². The van der Waals surface area contributed by atoms with Crippen LogP contribution in [0.1, 0.15) is 5.56 Å². The number of rotatable bonds is 4. The second kappa shape index (κ2) is 10.6. The van der Waals surface area contributed by atoms with Gasteiger partial charge in [0.2, 0.25) is 0 Å². The van der Waals surface area contributed by atoms with E-state index in [9.17, 15) is 5.26 Å². The van der Waals surface area contributed by atoms with Crippen molar-refractivity contribution in [3.63, 3.8) is 0 Å². The molecule has 2 heterocycles. The van der Waals surface area contributed by atoms with Crippen LogP contribution in [0.5, 0.6) is 0 Å². The fourth-order valence-corrected chi connectivity index (χ4v) is 7.79. The van der Waals surface area contributed by atoms with Crippen LogP contribution in [0.25, 0.3) is 93.3 Å². The van der Waals surface area contributed by atoms with Gasteiger partial charge >= 0.3 is 0 Å². The van der Waals surface area contributed by atoms with E-state index < -0.39 is 0 Å². The molecule has 0 aliphatic heterocycles. The van der Waals surface area contributed by atoms with Gasteiger partial charge in [0.25, 0.3) is 0 Å². The molecule has 8 aromatic carbocycles. The van der Waals surface area contributed by atoms with Gasteiger partial charge in [0.1, 0.15) is 0 Å². The van der Waals surface area contributed by atoms with Crippen LogP contribution in [-0.2, 0) is 0 Å². The highest BCUT2D eigenvalue weighted by molar-refractivity contribution is 6.27. The van der Waals surface area contributed by atoms with Gasteiger partial charge in [-0.1, -0.05) is 97.1 Å². The van der Waals surface area contributed by atoms with Crippen molar-refractivity contribution in [2.45, 2.75) is 0 Å². The van der Waals surface area contributed by atoms with Crippen LogP contribution in [-0.4, -0.2) is 9.55 Å². The van der Waals surface area contributed by atoms with Gasteiger partial charge in [0.15, 0.2) is 0 Å². The predicted molar refractivity (Wildman–Crippen MR) is 203 cm³/mol. The summed E-state index contributed by atoms with van der Waals surface area (Å²) in [6.07, 6.45) is 1.86. The number of nitrogens with zero attached hydrogens (tertiary/aromatic N) is 3. The van der Waals surface area contributed by atoms with Crippen LogP contribution in [0, 0.1) is 11.3 Å². The van der Waals surface area contributed by atoms with E-state index in [1.807, 2.05) is 36.5 Å². The van der Waals surface area contributed by atoms with Gasteiger partial charge in [-0.3, -0.25) is 4.98 Å². The zero-order valence-electron chi connectivity index (χ0n) is 26.4. The van der Waals surface area contributed by atoms with Gasteiger partial charge in [0.05, 0.1) is 28.4 Å². The third-order valence-corrected chi connectivity index (χ3v) is 10.0. The lowest BCUT2D eigenvalue weighted by Gasteiger charge is -2.16. The first-order chi connectivity index (χ1) is 24.2. The van der Waals surface area contributed by atoms with Crippen molar-refractivity contribution in [2.24, 2.45) is 0 Å². The molecule has 0 unspecified atom stereocenters. The molecule has 0 saturated heterocycles. The molecule has 0 saturated carbocycles. The summed E-state index contributed by atoms with van der Waals surface area (Å²) in [5, 5.41) is 19.5. The third-order valence-electron chi connectivity index (χ3n) is 10.0. The van der Waals surface area contributed by atoms with E-state index in [-0.39, 0.29) is 0 Å². The molecular weight excluding hydrogens is 595 g/mol. The highest BCUT2D eigenvalue weighted by Crippen LogP contribution is 2.43. The highest BCUT2D eigenvalue weighted by Gasteiger charge is 2.17. The van der Waals surface area contributed by atoms with Gasteiger partial charge < -0.3 is 4.57 Å². The van der Waals surface area contributed by atoms with Crippen LogP contribution in [0.15, 0.2) is 164 Å². The Morgan fingerprint density at radius 1 is 0.469 bits per heavy atom. The van der Waals surface area contributed by atoms with Gasteiger partial charge in [-0.25, -0.2) is 0 Å². The van der Waals surface area contributed by atoms with Crippen LogP contribution in [0.2, 0.25) is 0 Å². The molecule has 226 valence electrons. The lowest BCUT2D eigenvalue weighted by Crippen LogP contribution is -1.93. The SMILES string of the molecule is N#Cc1ccc2c(c1)c1cc(-c3cccc(-c4ccc5ccc6c(-c7ccccn7)ccc7ccc4c5c76)c3)ccc1n2-c1ccccc1. The minimum Gasteiger partial charge on any atom is -0.309 e. The van der Waals surface area contributed by atoms with E-state index >= 15 is 0 Å². The summed E-state index contributed by atoms with van der Waals surface area (Å²) in [6, 6.07) is 58.4. The number of hydrogen-bond acceptors (Lipinski definition) is 2. The van der Waals surface area contributed by atoms with E-state index in [0.717, 1.165) is 49.9 Å². The van der Waals surface area contributed by atoms with E-state index in [0.29, 0.717) is 5.56 Å². The summed E-state index contributed by atoms with van der Waals surface area (Å²) in [5.41, 5.74) is 10.8. The topological polar surface area (TPSA) is 41.6 Å². The molecule has 3 heteroatoms. The molecule has 0 radical (unpaired) electrons. The molecular formula is C46H27N3. The maximum atomic E-state index is 9.74. The standard InChI is InChI=1S/C46H27N3/c47-28-29-12-22-43-40(25-29)41-27-33(17-23-44(41)49(43)35-9-2-1-3-10-35)32-7-6-8-34(26-32)36-18-13-30-16-21-39-37(42-11-4-5-24-48-42)19-14-31-15-20-38(36)45(30)46(31)39/h1-27H. The molecule has 0 N–H and O–H groups in total. The average molecular weight is 622 g/mol. The van der Waals surface area contributed by atoms with Gasteiger partial charge in [-0.05, 0) is 115 Å². The van der Waals surface area contributed by atoms with Gasteiger partial charge in [0, 0.05) is 28.2 Å². The molecule has 10 aromatic rings. The minimum atomic E-state index is 0.660. The number of benzene rings is 8. The second-order valence-corrected chi connectivity index (χ2v) is 12.7. The fourth-order valence-electron chi connectivity index (χ4n) is 7.79. The first-order valence-corrected chi connectivity index (χ1v) is 16.5. The summed E-state index contributed by atoms with van der Waals surface area (Å²) in [7, 11) is 0. The van der Waals surface area contributed by atoms with Crippen molar-refractivity contribution < 1.29 is 0 Å². The largest absolute Gasteiger partial charge is 0.309 e. The van der Waals surface area contributed by atoms with Gasteiger partial charge in [-0.2, -0.15) is 5.26 Å². The Balaban J connectivity index is 1.15. The summed E-state index contributed by atoms with van der Waals surface area (Å²) in [6.45, 7) is 0. The number of hydrogen-bond donors (Lipinski definition) is 0. The van der Waals surface area contributed by atoms with E-state index in [1.165, 1.54) is 43.4 Å². The number of pyridine rings is 1. The smallest absolute Gasteiger partial charge is 0.0991 e.